The third-order valence-electron chi connectivity index (χ3n) is 4.69. The van der Waals surface area contributed by atoms with Gasteiger partial charge in [0.2, 0.25) is 0 Å². The van der Waals surface area contributed by atoms with Crippen LogP contribution in [0, 0.1) is 0 Å². The van der Waals surface area contributed by atoms with Gasteiger partial charge >= 0.3 is 0 Å². The highest BCUT2D eigenvalue weighted by molar-refractivity contribution is 9.11. The van der Waals surface area contributed by atoms with Crippen LogP contribution in [0.25, 0.3) is 6.08 Å². The predicted molar refractivity (Wildman–Crippen MR) is 142 cm³/mol. The summed E-state index contributed by atoms with van der Waals surface area (Å²) < 4.78 is 1.19. The zero-order chi connectivity index (χ0) is 24.7. The molecule has 0 spiro atoms. The van der Waals surface area contributed by atoms with Crippen molar-refractivity contribution in [2.45, 2.75) is 0 Å². The van der Waals surface area contributed by atoms with Gasteiger partial charge in [-0.1, -0.05) is 46.3 Å². The monoisotopic (exact) mass is 584 g/mol. The number of amides is 2. The van der Waals surface area contributed by atoms with Gasteiger partial charge in [-0.25, -0.2) is 5.43 Å². The van der Waals surface area contributed by atoms with Crippen LogP contribution in [0.2, 0.25) is 0 Å². The molecule has 3 N–H and O–H groups in total. The highest BCUT2D eigenvalue weighted by Gasteiger charge is 2.14. The molecule has 0 aromatic heterocycles. The number of halogens is 2. The summed E-state index contributed by atoms with van der Waals surface area (Å²) in [6, 6.07) is 19.3. The van der Waals surface area contributed by atoms with Crippen molar-refractivity contribution in [3.05, 3.63) is 98.1 Å². The molecule has 3 aromatic rings. The van der Waals surface area contributed by atoms with Gasteiger partial charge in [0.25, 0.3) is 11.8 Å². The lowest BCUT2D eigenvalue weighted by atomic mass is 10.1. The number of hydrogen-bond acceptors (Lipinski definition) is 5. The lowest BCUT2D eigenvalue weighted by Gasteiger charge is -2.12. The molecule has 0 atom stereocenters. The number of hydrogen-bond donors (Lipinski definition) is 3. The summed E-state index contributed by atoms with van der Waals surface area (Å²) in [5, 5.41) is 16.5. The highest BCUT2D eigenvalue weighted by atomic mass is 79.9. The lowest BCUT2D eigenvalue weighted by Crippen LogP contribution is -2.32. The second-order valence-corrected chi connectivity index (χ2v) is 9.10. The molecule has 0 aliphatic carbocycles. The summed E-state index contributed by atoms with van der Waals surface area (Å²) in [5.41, 5.74) is 5.16. The summed E-state index contributed by atoms with van der Waals surface area (Å²) in [4.78, 5) is 27.6. The first-order valence-corrected chi connectivity index (χ1v) is 11.7. The highest BCUT2D eigenvalue weighted by Crippen LogP contribution is 2.29. The first kappa shape index (κ1) is 25.2. The number of nitrogens with one attached hydrogen (secondary N) is 2. The number of carbonyl (C=O) groups is 2. The molecule has 0 saturated heterocycles. The van der Waals surface area contributed by atoms with Crippen molar-refractivity contribution in [2.75, 3.05) is 19.0 Å². The van der Waals surface area contributed by atoms with Crippen LogP contribution in [0.4, 0.5) is 5.69 Å². The maximum atomic E-state index is 12.9. The summed E-state index contributed by atoms with van der Waals surface area (Å²) in [6.45, 7) is 0. The van der Waals surface area contributed by atoms with Gasteiger partial charge in [-0.05, 0) is 64.0 Å². The number of hydrazone groups is 1. The molecule has 34 heavy (non-hydrogen) atoms. The molecule has 3 aromatic carbocycles. The fourth-order valence-corrected chi connectivity index (χ4v) is 3.95. The Hall–Kier alpha value is -3.43. The molecule has 7 nitrogen and oxygen atoms in total. The van der Waals surface area contributed by atoms with E-state index in [0.29, 0.717) is 20.1 Å². The smallest absolute Gasteiger partial charge is 0.287 e. The number of anilines is 1. The van der Waals surface area contributed by atoms with Crippen molar-refractivity contribution in [3.8, 4) is 5.75 Å². The van der Waals surface area contributed by atoms with Gasteiger partial charge in [0, 0.05) is 35.4 Å². The van der Waals surface area contributed by atoms with Crippen LogP contribution < -0.4 is 15.6 Å². The number of rotatable bonds is 7. The zero-order valence-electron chi connectivity index (χ0n) is 18.4. The van der Waals surface area contributed by atoms with E-state index in [1.165, 1.54) is 12.3 Å². The molecular weight excluding hydrogens is 564 g/mol. The molecule has 0 heterocycles. The third-order valence-corrected chi connectivity index (χ3v) is 6.01. The maximum Gasteiger partial charge on any atom is 0.287 e. The fourth-order valence-electron chi connectivity index (χ4n) is 2.85. The molecule has 0 unspecified atom stereocenters. The SMILES string of the molecule is CN(C)c1ccc(/C=C(\NC(=O)c2ccccc2)C(=O)N/N=C\c2cc(O)c(Br)cc2Br)cc1. The van der Waals surface area contributed by atoms with Gasteiger partial charge in [-0.15, -0.1) is 0 Å². The Morgan fingerprint density at radius 2 is 1.65 bits per heavy atom. The number of benzene rings is 3. The first-order chi connectivity index (χ1) is 16.2. The van der Waals surface area contributed by atoms with Crippen LogP contribution in [-0.2, 0) is 4.79 Å². The average Bonchev–Trinajstić information content (AvgIpc) is 2.82. The van der Waals surface area contributed by atoms with Crippen molar-refractivity contribution in [2.24, 2.45) is 5.10 Å². The number of carbonyl (C=O) groups excluding carboxylic acids is 2. The zero-order valence-corrected chi connectivity index (χ0v) is 21.6. The van der Waals surface area contributed by atoms with E-state index in [1.54, 1.807) is 42.5 Å². The van der Waals surface area contributed by atoms with Crippen molar-refractivity contribution in [1.82, 2.24) is 10.7 Å². The van der Waals surface area contributed by atoms with Crippen molar-refractivity contribution >= 4 is 61.7 Å². The standard InChI is InChI=1S/C25H22Br2N4O3/c1-31(2)19-10-8-16(9-11-19)12-22(29-24(33)17-6-4-3-5-7-17)25(34)30-28-15-18-13-23(32)21(27)14-20(18)26/h3-15,32H,1-2H3,(H,29,33)(H,30,34)/b22-12-,28-15-. The van der Waals surface area contributed by atoms with Crippen LogP contribution >= 0.6 is 31.9 Å². The minimum absolute atomic E-state index is 0.0290. The number of nitrogens with zero attached hydrogens (tertiary/aromatic N) is 2. The largest absolute Gasteiger partial charge is 0.507 e. The minimum Gasteiger partial charge on any atom is -0.507 e. The molecule has 9 heteroatoms. The second kappa shape index (κ2) is 11.6. The Bertz CT molecular complexity index is 1240. The minimum atomic E-state index is -0.602. The van der Waals surface area contributed by atoms with Gasteiger partial charge < -0.3 is 15.3 Å². The number of phenols is 1. The van der Waals surface area contributed by atoms with Crippen LogP contribution in [0.5, 0.6) is 5.75 Å². The van der Waals surface area contributed by atoms with Gasteiger partial charge in [0.1, 0.15) is 11.4 Å². The summed E-state index contributed by atoms with van der Waals surface area (Å²) in [5.74, 6) is -0.987. The molecule has 3 rings (SSSR count). The number of aromatic hydroxyl groups is 1. The second-order valence-electron chi connectivity index (χ2n) is 7.39. The Morgan fingerprint density at radius 1 is 0.971 bits per heavy atom. The van der Waals surface area contributed by atoms with E-state index in [0.717, 1.165) is 11.3 Å². The summed E-state index contributed by atoms with van der Waals surface area (Å²) >= 11 is 6.61. The molecule has 0 aliphatic heterocycles. The molecule has 2 amide bonds. The Balaban J connectivity index is 1.84. The van der Waals surface area contributed by atoms with E-state index >= 15 is 0 Å². The van der Waals surface area contributed by atoms with Crippen molar-refractivity contribution < 1.29 is 14.7 Å². The van der Waals surface area contributed by atoms with Gasteiger partial charge in [0.05, 0.1) is 10.7 Å². The Labute approximate surface area is 214 Å². The predicted octanol–water partition coefficient (Wildman–Crippen LogP) is 4.90. The quantitative estimate of drug-likeness (QED) is 0.209. The molecular formula is C25H22Br2N4O3. The van der Waals surface area contributed by atoms with E-state index < -0.39 is 11.8 Å². The van der Waals surface area contributed by atoms with E-state index in [2.05, 4.69) is 47.7 Å². The van der Waals surface area contributed by atoms with E-state index in [4.69, 9.17) is 0 Å². The van der Waals surface area contributed by atoms with Gasteiger partial charge in [-0.3, -0.25) is 9.59 Å². The van der Waals surface area contributed by atoms with Crippen LogP contribution in [0.3, 0.4) is 0 Å². The summed E-state index contributed by atoms with van der Waals surface area (Å²) in [6.07, 6.45) is 2.96. The lowest BCUT2D eigenvalue weighted by molar-refractivity contribution is -0.117. The molecule has 0 bridgehead atoms. The van der Waals surface area contributed by atoms with Gasteiger partial charge in [-0.2, -0.15) is 5.10 Å². The average molecular weight is 586 g/mol. The van der Waals surface area contributed by atoms with Crippen LogP contribution in [0.1, 0.15) is 21.5 Å². The van der Waals surface area contributed by atoms with E-state index in [9.17, 15) is 14.7 Å². The normalized spacial score (nSPS) is 11.4. The molecule has 0 fully saturated rings. The van der Waals surface area contributed by atoms with Crippen LogP contribution in [0.15, 0.2) is 86.5 Å². The third kappa shape index (κ3) is 6.79. The molecule has 174 valence electrons. The first-order valence-electron chi connectivity index (χ1n) is 10.1. The topological polar surface area (TPSA) is 94.0 Å². The molecule has 0 saturated carbocycles. The number of phenolic OH excluding ortho intramolecular Hbond substituents is 1. The maximum absolute atomic E-state index is 12.9. The molecule has 0 radical (unpaired) electrons. The fraction of sp³-hybridized carbons (Fsp3) is 0.0800. The van der Waals surface area contributed by atoms with Gasteiger partial charge in [0.15, 0.2) is 0 Å². The van der Waals surface area contributed by atoms with Crippen molar-refractivity contribution in [1.29, 1.82) is 0 Å². The van der Waals surface area contributed by atoms with E-state index in [1.807, 2.05) is 43.3 Å². The molecule has 0 aliphatic rings. The Morgan fingerprint density at radius 3 is 2.29 bits per heavy atom. The van der Waals surface area contributed by atoms with Crippen LogP contribution in [-0.4, -0.2) is 37.2 Å². The van der Waals surface area contributed by atoms with E-state index in [-0.39, 0.29) is 11.4 Å². The van der Waals surface area contributed by atoms with Crippen molar-refractivity contribution in [3.63, 3.8) is 0 Å². The Kier molecular flexibility index (Phi) is 8.61. The summed E-state index contributed by atoms with van der Waals surface area (Å²) in [7, 11) is 3.87.